The molecule has 0 radical (unpaired) electrons. The molecular weight excluding hydrogens is 296 g/mol. The van der Waals surface area contributed by atoms with Gasteiger partial charge in [-0.2, -0.15) is 0 Å². The van der Waals surface area contributed by atoms with Crippen molar-refractivity contribution in [2.24, 2.45) is 5.14 Å². The highest BCUT2D eigenvalue weighted by atomic mass is 79.9. The Morgan fingerprint density at radius 2 is 2.12 bits per heavy atom. The second-order valence-electron chi connectivity index (χ2n) is 3.09. The monoisotopic (exact) mass is 306 g/mol. The van der Waals surface area contributed by atoms with Gasteiger partial charge in [-0.25, -0.2) is 13.6 Å². The molecule has 1 aromatic carbocycles. The SMILES string of the molecule is CCC(=O)Nc1ccc(S(N)(=O)=O)cc1Br. The molecule has 0 aliphatic heterocycles. The van der Waals surface area contributed by atoms with Gasteiger partial charge in [0.2, 0.25) is 15.9 Å². The van der Waals surface area contributed by atoms with Crippen molar-refractivity contribution in [1.29, 1.82) is 0 Å². The Kier molecular flexibility index (Phi) is 4.06. The first-order valence-electron chi connectivity index (χ1n) is 4.46. The number of hydrogen-bond acceptors (Lipinski definition) is 3. The molecule has 3 N–H and O–H groups in total. The smallest absolute Gasteiger partial charge is 0.238 e. The van der Waals surface area contributed by atoms with Crippen molar-refractivity contribution in [2.45, 2.75) is 18.2 Å². The van der Waals surface area contributed by atoms with Crippen molar-refractivity contribution in [2.75, 3.05) is 5.32 Å². The maximum Gasteiger partial charge on any atom is 0.238 e. The van der Waals surface area contributed by atoms with E-state index in [1.807, 2.05) is 0 Å². The zero-order valence-corrected chi connectivity index (χ0v) is 10.9. The third kappa shape index (κ3) is 3.29. The molecule has 0 fully saturated rings. The number of rotatable bonds is 3. The Balaban J connectivity index is 3.06. The average molecular weight is 307 g/mol. The molecule has 88 valence electrons. The summed E-state index contributed by atoms with van der Waals surface area (Å²) in [4.78, 5) is 11.1. The summed E-state index contributed by atoms with van der Waals surface area (Å²) in [6, 6.07) is 4.17. The first-order valence-corrected chi connectivity index (χ1v) is 6.80. The molecule has 0 saturated heterocycles. The summed E-state index contributed by atoms with van der Waals surface area (Å²) in [5.41, 5.74) is 0.513. The van der Waals surface area contributed by atoms with Gasteiger partial charge in [0.1, 0.15) is 0 Å². The highest BCUT2D eigenvalue weighted by molar-refractivity contribution is 9.10. The lowest BCUT2D eigenvalue weighted by Gasteiger charge is -2.07. The Hall–Kier alpha value is -0.920. The molecule has 5 nitrogen and oxygen atoms in total. The minimum Gasteiger partial charge on any atom is -0.325 e. The predicted molar refractivity (Wildman–Crippen MR) is 64.4 cm³/mol. The fourth-order valence-electron chi connectivity index (χ4n) is 1.01. The van der Waals surface area contributed by atoms with Crippen molar-refractivity contribution >= 4 is 37.5 Å². The van der Waals surface area contributed by atoms with Crippen LogP contribution in [0.4, 0.5) is 5.69 Å². The molecule has 0 saturated carbocycles. The molecule has 0 heterocycles. The fourth-order valence-corrected chi connectivity index (χ4v) is 2.18. The van der Waals surface area contributed by atoms with E-state index in [4.69, 9.17) is 5.14 Å². The molecule has 0 spiro atoms. The van der Waals surface area contributed by atoms with Crippen LogP contribution in [0.1, 0.15) is 13.3 Å². The van der Waals surface area contributed by atoms with Crippen LogP contribution in [0.15, 0.2) is 27.6 Å². The summed E-state index contributed by atoms with van der Waals surface area (Å²) in [6.07, 6.45) is 0.351. The van der Waals surface area contributed by atoms with E-state index in [1.165, 1.54) is 18.2 Å². The van der Waals surface area contributed by atoms with Gasteiger partial charge in [-0.3, -0.25) is 4.79 Å². The highest BCUT2D eigenvalue weighted by Gasteiger charge is 2.11. The number of hydrogen-bond donors (Lipinski definition) is 2. The van der Waals surface area contributed by atoms with Crippen LogP contribution >= 0.6 is 15.9 Å². The minimum absolute atomic E-state index is 0.00567. The van der Waals surface area contributed by atoms with Gasteiger partial charge in [-0.15, -0.1) is 0 Å². The normalized spacial score (nSPS) is 11.2. The van der Waals surface area contributed by atoms with E-state index in [-0.39, 0.29) is 10.8 Å². The van der Waals surface area contributed by atoms with Crippen LogP contribution in [0.25, 0.3) is 0 Å². The molecule has 1 rings (SSSR count). The predicted octanol–water partition coefficient (Wildman–Crippen LogP) is 1.45. The topological polar surface area (TPSA) is 89.3 Å². The number of anilines is 1. The maximum atomic E-state index is 11.1. The largest absolute Gasteiger partial charge is 0.325 e. The van der Waals surface area contributed by atoms with Gasteiger partial charge >= 0.3 is 0 Å². The Bertz CT molecular complexity index is 513. The van der Waals surface area contributed by atoms with E-state index in [0.717, 1.165) is 0 Å². The van der Waals surface area contributed by atoms with E-state index in [0.29, 0.717) is 16.6 Å². The molecule has 1 aromatic rings. The number of primary sulfonamides is 1. The number of nitrogens with two attached hydrogens (primary N) is 1. The van der Waals surface area contributed by atoms with Crippen LogP contribution < -0.4 is 10.5 Å². The molecular formula is C9H11BrN2O3S. The number of nitrogens with one attached hydrogen (secondary N) is 1. The number of sulfonamides is 1. The van der Waals surface area contributed by atoms with E-state index >= 15 is 0 Å². The van der Waals surface area contributed by atoms with Gasteiger partial charge in [0, 0.05) is 10.9 Å². The number of benzene rings is 1. The molecule has 0 bridgehead atoms. The van der Waals surface area contributed by atoms with Gasteiger partial charge in [0.15, 0.2) is 0 Å². The van der Waals surface area contributed by atoms with Crippen molar-refractivity contribution < 1.29 is 13.2 Å². The zero-order chi connectivity index (χ0) is 12.3. The van der Waals surface area contributed by atoms with Gasteiger partial charge in [0.05, 0.1) is 10.6 Å². The maximum absolute atomic E-state index is 11.1. The number of halogens is 1. The van der Waals surface area contributed by atoms with Crippen molar-refractivity contribution in [3.63, 3.8) is 0 Å². The Labute approximate surface area is 102 Å². The number of carbonyl (C=O) groups is 1. The first kappa shape index (κ1) is 13.1. The number of amides is 1. The summed E-state index contributed by atoms with van der Waals surface area (Å²) in [5.74, 6) is -0.149. The van der Waals surface area contributed by atoms with Crippen LogP contribution in [-0.2, 0) is 14.8 Å². The number of carbonyl (C=O) groups excluding carboxylic acids is 1. The zero-order valence-electron chi connectivity index (χ0n) is 8.53. The Morgan fingerprint density at radius 1 is 1.50 bits per heavy atom. The summed E-state index contributed by atoms with van der Waals surface area (Å²) in [5, 5.41) is 7.58. The summed E-state index contributed by atoms with van der Waals surface area (Å²) in [7, 11) is -3.72. The quantitative estimate of drug-likeness (QED) is 0.885. The third-order valence-electron chi connectivity index (χ3n) is 1.86. The van der Waals surface area contributed by atoms with Crippen molar-refractivity contribution in [3.05, 3.63) is 22.7 Å². The summed E-state index contributed by atoms with van der Waals surface area (Å²) >= 11 is 3.16. The standard InChI is InChI=1S/C9H11BrN2O3S/c1-2-9(13)12-8-4-3-6(5-7(8)10)16(11,14)15/h3-5H,2H2,1H3,(H,12,13)(H2,11,14,15). The average Bonchev–Trinajstić information content (AvgIpc) is 2.19. The van der Waals surface area contributed by atoms with E-state index in [2.05, 4.69) is 21.2 Å². The van der Waals surface area contributed by atoms with Crippen LogP contribution in [0, 0.1) is 0 Å². The highest BCUT2D eigenvalue weighted by Crippen LogP contribution is 2.25. The second kappa shape index (κ2) is 4.94. The molecule has 0 aromatic heterocycles. The van der Waals surface area contributed by atoms with Crippen molar-refractivity contribution in [1.82, 2.24) is 0 Å². The van der Waals surface area contributed by atoms with Crippen LogP contribution in [-0.4, -0.2) is 14.3 Å². The lowest BCUT2D eigenvalue weighted by atomic mass is 10.3. The van der Waals surface area contributed by atoms with Crippen molar-refractivity contribution in [3.8, 4) is 0 Å². The Morgan fingerprint density at radius 3 is 2.56 bits per heavy atom. The lowest BCUT2D eigenvalue weighted by Crippen LogP contribution is -2.13. The van der Waals surface area contributed by atoms with Crippen LogP contribution in [0.3, 0.4) is 0 Å². The molecule has 0 aliphatic rings. The lowest BCUT2D eigenvalue weighted by molar-refractivity contribution is -0.115. The minimum atomic E-state index is -3.72. The van der Waals surface area contributed by atoms with E-state index in [1.54, 1.807) is 6.92 Å². The molecule has 0 unspecified atom stereocenters. The second-order valence-corrected chi connectivity index (χ2v) is 5.50. The van der Waals surface area contributed by atoms with E-state index in [9.17, 15) is 13.2 Å². The molecule has 7 heteroatoms. The molecule has 0 atom stereocenters. The van der Waals surface area contributed by atoms with Crippen LogP contribution in [0.2, 0.25) is 0 Å². The van der Waals surface area contributed by atoms with Gasteiger partial charge < -0.3 is 5.32 Å². The third-order valence-corrected chi connectivity index (χ3v) is 3.43. The molecule has 0 aliphatic carbocycles. The van der Waals surface area contributed by atoms with Gasteiger partial charge in [0.25, 0.3) is 0 Å². The van der Waals surface area contributed by atoms with Gasteiger partial charge in [-0.1, -0.05) is 6.92 Å². The summed E-state index contributed by atoms with van der Waals surface area (Å²) < 4.78 is 22.6. The summed E-state index contributed by atoms with van der Waals surface area (Å²) in [6.45, 7) is 1.72. The van der Waals surface area contributed by atoms with E-state index < -0.39 is 10.0 Å². The van der Waals surface area contributed by atoms with Crippen LogP contribution in [0.5, 0.6) is 0 Å². The molecule has 1 amide bonds. The fraction of sp³-hybridized carbons (Fsp3) is 0.222. The van der Waals surface area contributed by atoms with Gasteiger partial charge in [-0.05, 0) is 34.1 Å². The molecule has 16 heavy (non-hydrogen) atoms. The first-order chi connectivity index (χ1) is 7.34.